The Morgan fingerprint density at radius 3 is 2.26 bits per heavy atom. The van der Waals surface area contributed by atoms with Crippen molar-refractivity contribution >= 4 is 34.6 Å². The predicted octanol–water partition coefficient (Wildman–Crippen LogP) is 0.812. The number of nitrogens with one attached hydrogen (secondary N) is 4. The van der Waals surface area contributed by atoms with Crippen molar-refractivity contribution in [3.8, 4) is 5.75 Å². The van der Waals surface area contributed by atoms with E-state index in [1.54, 1.807) is 32.2 Å². The van der Waals surface area contributed by atoms with E-state index in [1.807, 2.05) is 24.3 Å². The SMILES string of the molecule is CC(C)C(NC(=O)C(Cc1ccc(O)cc1)NC(=O)C(N)Cc1c[nH]c2ccccc12)C(=O)NCC(=O)O. The van der Waals surface area contributed by atoms with Crippen molar-refractivity contribution in [1.29, 1.82) is 0 Å². The maximum absolute atomic E-state index is 13.3. The summed E-state index contributed by atoms with van der Waals surface area (Å²) in [5, 5.41) is 27.0. The molecule has 0 aliphatic heterocycles. The van der Waals surface area contributed by atoms with Crippen LogP contribution in [0.2, 0.25) is 0 Å². The van der Waals surface area contributed by atoms with Crippen molar-refractivity contribution < 1.29 is 29.4 Å². The number of aromatic hydroxyl groups is 1. The smallest absolute Gasteiger partial charge is 0.322 e. The first kappa shape index (κ1) is 28.2. The van der Waals surface area contributed by atoms with Crippen LogP contribution in [0.15, 0.2) is 54.7 Å². The molecule has 11 nitrogen and oxygen atoms in total. The molecule has 0 bridgehead atoms. The van der Waals surface area contributed by atoms with Crippen LogP contribution in [0.4, 0.5) is 0 Å². The molecule has 11 heteroatoms. The van der Waals surface area contributed by atoms with Gasteiger partial charge in [-0.15, -0.1) is 0 Å². The summed E-state index contributed by atoms with van der Waals surface area (Å²) in [6.45, 7) is 2.82. The molecule has 3 amide bonds. The van der Waals surface area contributed by atoms with Gasteiger partial charge >= 0.3 is 5.97 Å². The first-order chi connectivity index (χ1) is 18.0. The van der Waals surface area contributed by atoms with Gasteiger partial charge in [-0.1, -0.05) is 44.2 Å². The molecular formula is C27H33N5O6. The zero-order valence-electron chi connectivity index (χ0n) is 21.2. The topological polar surface area (TPSA) is 187 Å². The zero-order valence-corrected chi connectivity index (χ0v) is 21.2. The van der Waals surface area contributed by atoms with Gasteiger partial charge in [0.25, 0.3) is 0 Å². The fourth-order valence-electron chi connectivity index (χ4n) is 4.05. The van der Waals surface area contributed by atoms with Crippen molar-refractivity contribution in [2.45, 2.75) is 44.8 Å². The fourth-order valence-corrected chi connectivity index (χ4v) is 4.05. The number of aromatic nitrogens is 1. The lowest BCUT2D eigenvalue weighted by molar-refractivity contribution is -0.139. The number of carbonyl (C=O) groups excluding carboxylic acids is 3. The quantitative estimate of drug-likeness (QED) is 0.183. The molecule has 1 heterocycles. The number of phenolic OH excluding ortho intramolecular Hbond substituents is 1. The molecule has 0 saturated carbocycles. The van der Waals surface area contributed by atoms with Crippen molar-refractivity contribution in [2.75, 3.05) is 6.54 Å². The number of hydrogen-bond donors (Lipinski definition) is 7. The molecule has 3 atom stereocenters. The summed E-state index contributed by atoms with van der Waals surface area (Å²) in [5.74, 6) is -3.35. The minimum absolute atomic E-state index is 0.0505. The van der Waals surface area contributed by atoms with Gasteiger partial charge in [0.15, 0.2) is 0 Å². The van der Waals surface area contributed by atoms with Gasteiger partial charge in [0.05, 0.1) is 6.04 Å². The molecule has 3 rings (SSSR count). The number of carboxylic acids is 1. The van der Waals surface area contributed by atoms with E-state index in [0.717, 1.165) is 16.5 Å². The van der Waals surface area contributed by atoms with E-state index in [-0.39, 0.29) is 24.5 Å². The van der Waals surface area contributed by atoms with Crippen LogP contribution < -0.4 is 21.7 Å². The van der Waals surface area contributed by atoms with Gasteiger partial charge < -0.3 is 36.9 Å². The Morgan fingerprint density at radius 2 is 1.61 bits per heavy atom. The third-order valence-corrected chi connectivity index (χ3v) is 6.12. The Hall–Kier alpha value is -4.38. The van der Waals surface area contributed by atoms with Crippen LogP contribution in [0.5, 0.6) is 5.75 Å². The number of fused-ring (bicyclic) bond motifs is 1. The van der Waals surface area contributed by atoms with E-state index in [9.17, 15) is 24.3 Å². The number of rotatable bonds is 12. The molecule has 8 N–H and O–H groups in total. The Morgan fingerprint density at radius 1 is 0.921 bits per heavy atom. The fraction of sp³-hybridized carbons (Fsp3) is 0.333. The van der Waals surface area contributed by atoms with Gasteiger partial charge in [-0.05, 0) is 41.7 Å². The highest BCUT2D eigenvalue weighted by molar-refractivity contribution is 5.94. The van der Waals surface area contributed by atoms with E-state index >= 15 is 0 Å². The van der Waals surface area contributed by atoms with Gasteiger partial charge in [0.2, 0.25) is 17.7 Å². The lowest BCUT2D eigenvalue weighted by Crippen LogP contribution is -2.58. The molecule has 2 aromatic carbocycles. The van der Waals surface area contributed by atoms with Crippen LogP contribution in [0.25, 0.3) is 10.9 Å². The van der Waals surface area contributed by atoms with E-state index in [2.05, 4.69) is 20.9 Å². The second kappa shape index (κ2) is 12.7. The lowest BCUT2D eigenvalue weighted by atomic mass is 10.00. The maximum atomic E-state index is 13.3. The highest BCUT2D eigenvalue weighted by atomic mass is 16.4. The average molecular weight is 524 g/mol. The number of phenols is 1. The van der Waals surface area contributed by atoms with E-state index in [4.69, 9.17) is 10.8 Å². The number of carboxylic acid groups (broad SMARTS) is 1. The molecular weight excluding hydrogens is 490 g/mol. The van der Waals surface area contributed by atoms with Crippen molar-refractivity contribution in [3.63, 3.8) is 0 Å². The summed E-state index contributed by atoms with van der Waals surface area (Å²) in [6, 6.07) is 10.7. The first-order valence-corrected chi connectivity index (χ1v) is 12.2. The number of para-hydroxylation sites is 1. The standard InChI is InChI=1S/C27H33N5O6/c1-15(2)24(27(38)30-14-23(34)35)32-26(37)22(11-16-7-9-18(33)10-8-16)31-25(36)20(28)12-17-13-29-21-6-4-3-5-19(17)21/h3-10,13,15,20,22,24,29,33H,11-12,14,28H2,1-2H3,(H,30,38)(H,31,36)(H,32,37)(H,34,35). The van der Waals surface area contributed by atoms with Crippen molar-refractivity contribution in [1.82, 2.24) is 20.9 Å². The molecule has 1 aromatic heterocycles. The summed E-state index contributed by atoms with van der Waals surface area (Å²) in [5.41, 5.74) is 8.65. The molecule has 0 aliphatic carbocycles. The number of aromatic amines is 1. The number of aliphatic carboxylic acids is 1. The molecule has 202 valence electrons. The van der Waals surface area contributed by atoms with Gasteiger partial charge in [-0.25, -0.2) is 0 Å². The molecule has 38 heavy (non-hydrogen) atoms. The van der Waals surface area contributed by atoms with Crippen LogP contribution >= 0.6 is 0 Å². The third-order valence-electron chi connectivity index (χ3n) is 6.12. The summed E-state index contributed by atoms with van der Waals surface area (Å²) in [6.07, 6.45) is 2.09. The number of carbonyl (C=O) groups is 4. The summed E-state index contributed by atoms with van der Waals surface area (Å²) in [4.78, 5) is 52.9. The lowest BCUT2D eigenvalue weighted by Gasteiger charge is -2.26. The van der Waals surface area contributed by atoms with Gasteiger partial charge in [0, 0.05) is 23.5 Å². The minimum Gasteiger partial charge on any atom is -0.508 e. The van der Waals surface area contributed by atoms with Gasteiger partial charge in [-0.3, -0.25) is 19.2 Å². The molecule has 0 radical (unpaired) electrons. The summed E-state index contributed by atoms with van der Waals surface area (Å²) < 4.78 is 0. The average Bonchev–Trinajstić information content (AvgIpc) is 3.28. The monoisotopic (exact) mass is 523 g/mol. The first-order valence-electron chi connectivity index (χ1n) is 12.2. The van der Waals surface area contributed by atoms with Crippen molar-refractivity contribution in [2.24, 2.45) is 11.7 Å². The number of benzene rings is 2. The second-order valence-electron chi connectivity index (χ2n) is 9.44. The predicted molar refractivity (Wildman–Crippen MR) is 141 cm³/mol. The van der Waals surface area contributed by atoms with Crippen LogP contribution in [0, 0.1) is 5.92 Å². The highest BCUT2D eigenvalue weighted by Gasteiger charge is 2.30. The minimum atomic E-state index is -1.21. The Bertz CT molecular complexity index is 1290. The Kier molecular flexibility index (Phi) is 9.44. The van der Waals surface area contributed by atoms with E-state index in [1.165, 1.54) is 12.1 Å². The van der Waals surface area contributed by atoms with E-state index < -0.39 is 48.4 Å². The van der Waals surface area contributed by atoms with Crippen LogP contribution in [0.1, 0.15) is 25.0 Å². The summed E-state index contributed by atoms with van der Waals surface area (Å²) >= 11 is 0. The Balaban J connectivity index is 1.76. The summed E-state index contributed by atoms with van der Waals surface area (Å²) in [7, 11) is 0. The van der Waals surface area contributed by atoms with Crippen molar-refractivity contribution in [3.05, 3.63) is 65.9 Å². The zero-order chi connectivity index (χ0) is 27.8. The van der Waals surface area contributed by atoms with Gasteiger partial charge in [0.1, 0.15) is 24.4 Å². The molecule has 0 aliphatic rings. The third kappa shape index (κ3) is 7.56. The molecule has 0 fully saturated rings. The van der Waals surface area contributed by atoms with Crippen LogP contribution in [0.3, 0.4) is 0 Å². The van der Waals surface area contributed by atoms with E-state index in [0.29, 0.717) is 5.56 Å². The maximum Gasteiger partial charge on any atom is 0.322 e. The number of nitrogens with two attached hydrogens (primary N) is 1. The van der Waals surface area contributed by atoms with Crippen LogP contribution in [-0.4, -0.2) is 63.6 Å². The number of H-pyrrole nitrogens is 1. The largest absolute Gasteiger partial charge is 0.508 e. The number of hydrogen-bond acceptors (Lipinski definition) is 6. The Labute approximate surface area is 219 Å². The normalized spacial score (nSPS) is 13.5. The van der Waals surface area contributed by atoms with Crippen LogP contribution in [-0.2, 0) is 32.0 Å². The number of amides is 3. The van der Waals surface area contributed by atoms with Gasteiger partial charge in [-0.2, -0.15) is 0 Å². The highest BCUT2D eigenvalue weighted by Crippen LogP contribution is 2.19. The molecule has 3 unspecified atom stereocenters. The molecule has 0 saturated heterocycles. The molecule has 0 spiro atoms. The second-order valence-corrected chi connectivity index (χ2v) is 9.44. The molecule has 3 aromatic rings.